The molecule has 0 amide bonds. The summed E-state index contributed by atoms with van der Waals surface area (Å²) in [5, 5.41) is 3.58. The third kappa shape index (κ3) is 3.73. The van der Waals surface area contributed by atoms with E-state index in [0.29, 0.717) is 10.5 Å². The first-order valence-electron chi connectivity index (χ1n) is 12.0. The van der Waals surface area contributed by atoms with Gasteiger partial charge in [-0.15, -0.1) is 4.59 Å². The van der Waals surface area contributed by atoms with Crippen LogP contribution in [0.5, 0.6) is 11.6 Å². The molecule has 6 rings (SSSR count). The Kier molecular flexibility index (Phi) is 5.24. The Labute approximate surface area is 205 Å². The number of quaternary nitrogens is 1. The van der Waals surface area contributed by atoms with Crippen LogP contribution in [0.25, 0.3) is 10.9 Å². The predicted molar refractivity (Wildman–Crippen MR) is 140 cm³/mol. The first kappa shape index (κ1) is 21.7. The zero-order chi connectivity index (χ0) is 23.9. The lowest BCUT2D eigenvalue weighted by atomic mass is 9.75. The van der Waals surface area contributed by atoms with Crippen LogP contribution in [-0.4, -0.2) is 53.2 Å². The Morgan fingerprint density at radius 1 is 1.00 bits per heavy atom. The molecule has 1 saturated carbocycles. The molecule has 0 N–H and O–H groups in total. The molecule has 2 aromatic carbocycles. The molecule has 176 valence electrons. The highest BCUT2D eigenvalue weighted by Crippen LogP contribution is 2.47. The van der Waals surface area contributed by atoms with E-state index in [-0.39, 0.29) is 5.54 Å². The van der Waals surface area contributed by atoms with Crippen molar-refractivity contribution in [1.82, 2.24) is 9.88 Å². The molecule has 7 heteroatoms. The highest BCUT2D eigenvalue weighted by Gasteiger charge is 2.55. The minimum absolute atomic E-state index is 0.0414. The molecule has 1 unspecified atom stereocenters. The summed E-state index contributed by atoms with van der Waals surface area (Å²) in [6.07, 6.45) is 13.2. The number of aliphatic imine (C=N–C) groups is 2. The smallest absolute Gasteiger partial charge is 0.225 e. The van der Waals surface area contributed by atoms with Gasteiger partial charge in [0, 0.05) is 18.0 Å². The van der Waals surface area contributed by atoms with E-state index in [1.165, 1.54) is 6.42 Å². The summed E-state index contributed by atoms with van der Waals surface area (Å²) in [5.74, 6) is 1.36. The summed E-state index contributed by atoms with van der Waals surface area (Å²) in [4.78, 5) is 16.1. The average Bonchev–Trinajstić information content (AvgIpc) is 3.27. The van der Waals surface area contributed by atoms with E-state index >= 15 is 0 Å². The van der Waals surface area contributed by atoms with Crippen LogP contribution in [0.3, 0.4) is 0 Å². The van der Waals surface area contributed by atoms with Gasteiger partial charge in [0.25, 0.3) is 0 Å². The fourth-order valence-electron chi connectivity index (χ4n) is 5.43. The van der Waals surface area contributed by atoms with Crippen molar-refractivity contribution in [3.05, 3.63) is 85.0 Å². The SMILES string of the molecule is CN(C)CC1(N(c2ccc3ccc(Oc4ccccc4)nc3c2)[N+]23C=CN=CC2=CN=C3)CCC1. The largest absolute Gasteiger partial charge is 0.439 e. The fraction of sp³-hybridized carbons (Fsp3) is 0.250. The van der Waals surface area contributed by atoms with Gasteiger partial charge in [0.15, 0.2) is 6.20 Å². The Balaban J connectivity index is 1.46. The van der Waals surface area contributed by atoms with Gasteiger partial charge in [-0.1, -0.05) is 24.3 Å². The highest BCUT2D eigenvalue weighted by atomic mass is 16.5. The molecule has 0 radical (unpaired) electrons. The number of benzene rings is 2. The number of allylic oxidation sites excluding steroid dienone is 1. The van der Waals surface area contributed by atoms with Crippen LogP contribution in [0.15, 0.2) is 94.9 Å². The monoisotopic (exact) mass is 465 g/mol. The van der Waals surface area contributed by atoms with E-state index in [2.05, 4.69) is 64.5 Å². The van der Waals surface area contributed by atoms with Gasteiger partial charge < -0.3 is 9.64 Å². The van der Waals surface area contributed by atoms with E-state index < -0.39 is 0 Å². The Morgan fingerprint density at radius 2 is 1.83 bits per heavy atom. The molecular weight excluding hydrogens is 436 g/mol. The minimum Gasteiger partial charge on any atom is -0.439 e. The van der Waals surface area contributed by atoms with Crippen molar-refractivity contribution in [2.75, 3.05) is 25.6 Å². The number of para-hydroxylation sites is 1. The zero-order valence-electron chi connectivity index (χ0n) is 20.1. The normalized spacial score (nSPS) is 21.6. The summed E-state index contributed by atoms with van der Waals surface area (Å²) in [6, 6.07) is 20.3. The van der Waals surface area contributed by atoms with Crippen molar-refractivity contribution < 1.29 is 9.33 Å². The summed E-state index contributed by atoms with van der Waals surface area (Å²) in [7, 11) is 4.30. The molecule has 1 atom stereocenters. The van der Waals surface area contributed by atoms with Crippen molar-refractivity contribution in [2.45, 2.75) is 24.8 Å². The third-order valence-corrected chi connectivity index (χ3v) is 6.99. The molecular formula is C28H29N6O+. The van der Waals surface area contributed by atoms with Gasteiger partial charge in [-0.2, -0.15) is 0 Å². The fourth-order valence-corrected chi connectivity index (χ4v) is 5.43. The molecule has 1 aliphatic carbocycles. The second-order valence-corrected chi connectivity index (χ2v) is 9.70. The van der Waals surface area contributed by atoms with E-state index in [9.17, 15) is 0 Å². The summed E-state index contributed by atoms with van der Waals surface area (Å²) in [5.41, 5.74) is 2.99. The summed E-state index contributed by atoms with van der Waals surface area (Å²) < 4.78 is 6.44. The third-order valence-electron chi connectivity index (χ3n) is 6.99. The van der Waals surface area contributed by atoms with E-state index in [0.717, 1.165) is 47.4 Å². The number of anilines is 1. The van der Waals surface area contributed by atoms with Crippen LogP contribution in [0, 0.1) is 0 Å². The van der Waals surface area contributed by atoms with E-state index in [1.54, 1.807) is 0 Å². The predicted octanol–water partition coefficient (Wildman–Crippen LogP) is 5.49. The Hall–Kier alpha value is -3.81. The van der Waals surface area contributed by atoms with Gasteiger partial charge in [-0.05, 0) is 63.7 Å². The average molecular weight is 466 g/mol. The van der Waals surface area contributed by atoms with Crippen molar-refractivity contribution >= 4 is 29.1 Å². The lowest BCUT2D eigenvalue weighted by molar-refractivity contribution is -0.751. The molecule has 0 saturated heterocycles. The number of aromatic nitrogens is 1. The number of hydrogen-bond acceptors (Lipinski definition) is 6. The maximum atomic E-state index is 6.03. The second-order valence-electron chi connectivity index (χ2n) is 9.70. The number of fused-ring (bicyclic) bond motifs is 2. The lowest BCUT2D eigenvalue weighted by Gasteiger charge is -2.55. The molecule has 1 aromatic heterocycles. The summed E-state index contributed by atoms with van der Waals surface area (Å²) >= 11 is 0. The van der Waals surface area contributed by atoms with Gasteiger partial charge in [-0.25, -0.2) is 15.0 Å². The van der Waals surface area contributed by atoms with E-state index in [1.807, 2.05) is 61.4 Å². The molecule has 3 aliphatic rings. The maximum Gasteiger partial charge on any atom is 0.225 e. The zero-order valence-corrected chi connectivity index (χ0v) is 20.1. The minimum atomic E-state index is -0.0414. The van der Waals surface area contributed by atoms with Gasteiger partial charge >= 0.3 is 0 Å². The van der Waals surface area contributed by atoms with Crippen molar-refractivity contribution in [2.24, 2.45) is 9.98 Å². The van der Waals surface area contributed by atoms with Gasteiger partial charge in [-0.3, -0.25) is 4.99 Å². The van der Waals surface area contributed by atoms with Crippen LogP contribution in [0.4, 0.5) is 5.69 Å². The second kappa shape index (κ2) is 8.45. The topological polar surface area (TPSA) is 53.3 Å². The molecule has 35 heavy (non-hydrogen) atoms. The number of likely N-dealkylation sites (N-methyl/N-ethyl adjacent to an activating group) is 1. The maximum absolute atomic E-state index is 6.03. The number of pyridine rings is 1. The van der Waals surface area contributed by atoms with Crippen molar-refractivity contribution in [3.8, 4) is 11.6 Å². The van der Waals surface area contributed by atoms with Gasteiger partial charge in [0.2, 0.25) is 17.9 Å². The Bertz CT molecular complexity index is 1370. The standard InChI is InChI=1S/C28H29N6O/c1-32(2)20-28(13-6-14-28)33(34-16-15-29-18-24(34)19-30-21-34)23-11-9-22-10-12-27(31-26(22)17-23)35-25-7-4-3-5-8-25/h3-5,7-12,15-19,21H,6,13-14,20H2,1-2H3/q+1. The number of hydrogen-bond donors (Lipinski definition) is 0. The number of nitrogens with zero attached hydrogens (tertiary/aromatic N) is 6. The summed E-state index contributed by atoms with van der Waals surface area (Å²) in [6.45, 7) is 0.946. The van der Waals surface area contributed by atoms with Crippen LogP contribution in [-0.2, 0) is 0 Å². The lowest BCUT2D eigenvalue weighted by Crippen LogP contribution is -2.70. The van der Waals surface area contributed by atoms with Crippen LogP contribution in [0.2, 0.25) is 0 Å². The molecule has 3 aromatic rings. The molecule has 0 bridgehead atoms. The van der Waals surface area contributed by atoms with Crippen LogP contribution < -0.4 is 9.75 Å². The van der Waals surface area contributed by atoms with Crippen LogP contribution in [0.1, 0.15) is 19.3 Å². The number of ether oxygens (including phenoxy) is 1. The Morgan fingerprint density at radius 3 is 2.60 bits per heavy atom. The highest BCUT2D eigenvalue weighted by molar-refractivity contribution is 5.85. The molecule has 0 spiro atoms. The number of rotatable bonds is 7. The quantitative estimate of drug-likeness (QED) is 0.433. The first-order chi connectivity index (χ1) is 17.1. The van der Waals surface area contributed by atoms with Gasteiger partial charge in [0.05, 0.1) is 29.8 Å². The van der Waals surface area contributed by atoms with Crippen LogP contribution >= 0.6 is 0 Å². The van der Waals surface area contributed by atoms with E-state index in [4.69, 9.17) is 9.72 Å². The molecule has 7 nitrogen and oxygen atoms in total. The molecule has 2 aliphatic heterocycles. The molecule has 1 fully saturated rings. The van der Waals surface area contributed by atoms with Gasteiger partial charge in [0.1, 0.15) is 11.3 Å². The van der Waals surface area contributed by atoms with Crippen molar-refractivity contribution in [1.29, 1.82) is 0 Å². The molecule has 3 heterocycles. The first-order valence-corrected chi connectivity index (χ1v) is 12.0. The van der Waals surface area contributed by atoms with Crippen molar-refractivity contribution in [3.63, 3.8) is 0 Å².